The number of aromatic nitrogens is 1. The van der Waals surface area contributed by atoms with Gasteiger partial charge in [0.2, 0.25) is 0 Å². The Kier molecular flexibility index (Phi) is 7.17. The molecular formula is C17H22BrFN4S. The van der Waals surface area contributed by atoms with E-state index in [9.17, 15) is 4.39 Å². The van der Waals surface area contributed by atoms with Crippen molar-refractivity contribution in [3.63, 3.8) is 0 Å². The van der Waals surface area contributed by atoms with Crippen molar-refractivity contribution in [3.05, 3.63) is 50.1 Å². The van der Waals surface area contributed by atoms with Crippen LogP contribution in [0.4, 0.5) is 4.39 Å². The molecule has 0 spiro atoms. The summed E-state index contributed by atoms with van der Waals surface area (Å²) in [7, 11) is 1.74. The molecule has 130 valence electrons. The van der Waals surface area contributed by atoms with E-state index in [-0.39, 0.29) is 5.82 Å². The minimum Gasteiger partial charge on any atom is -0.356 e. The number of nitrogens with one attached hydrogen (secondary N) is 2. The molecule has 0 aliphatic heterocycles. The van der Waals surface area contributed by atoms with Gasteiger partial charge >= 0.3 is 0 Å². The van der Waals surface area contributed by atoms with E-state index in [0.717, 1.165) is 28.6 Å². The molecule has 2 rings (SSSR count). The van der Waals surface area contributed by atoms with Crippen LogP contribution >= 0.6 is 27.3 Å². The second-order valence-electron chi connectivity index (χ2n) is 5.67. The fourth-order valence-electron chi connectivity index (χ4n) is 2.07. The summed E-state index contributed by atoms with van der Waals surface area (Å²) in [5.74, 6) is 0.938. The Labute approximate surface area is 154 Å². The SMILES string of the molecule is CN=C(NCCc1ccc(F)c(Br)c1)NCc1nc(C(C)C)cs1. The van der Waals surface area contributed by atoms with Gasteiger partial charge in [-0.2, -0.15) is 0 Å². The summed E-state index contributed by atoms with van der Waals surface area (Å²) in [6.07, 6.45) is 0.786. The maximum atomic E-state index is 13.2. The van der Waals surface area contributed by atoms with Crippen molar-refractivity contribution in [2.24, 2.45) is 4.99 Å². The lowest BCUT2D eigenvalue weighted by Gasteiger charge is -2.11. The second-order valence-corrected chi connectivity index (χ2v) is 7.47. The summed E-state index contributed by atoms with van der Waals surface area (Å²) in [5, 5.41) is 9.67. The van der Waals surface area contributed by atoms with Crippen LogP contribution in [0, 0.1) is 5.82 Å². The van der Waals surface area contributed by atoms with Gasteiger partial charge in [0.1, 0.15) is 10.8 Å². The van der Waals surface area contributed by atoms with Gasteiger partial charge in [-0.1, -0.05) is 19.9 Å². The lowest BCUT2D eigenvalue weighted by molar-refractivity contribution is 0.620. The number of benzene rings is 1. The fraction of sp³-hybridized carbons (Fsp3) is 0.412. The van der Waals surface area contributed by atoms with Crippen LogP contribution in [-0.2, 0) is 13.0 Å². The van der Waals surface area contributed by atoms with E-state index < -0.39 is 0 Å². The Morgan fingerprint density at radius 2 is 2.17 bits per heavy atom. The summed E-state index contributed by atoms with van der Waals surface area (Å²) < 4.78 is 13.7. The molecule has 7 heteroatoms. The first-order chi connectivity index (χ1) is 11.5. The Morgan fingerprint density at radius 3 is 2.79 bits per heavy atom. The Bertz CT molecular complexity index is 700. The van der Waals surface area contributed by atoms with Crippen molar-refractivity contribution in [1.82, 2.24) is 15.6 Å². The highest BCUT2D eigenvalue weighted by Gasteiger charge is 2.06. The zero-order valence-corrected chi connectivity index (χ0v) is 16.5. The summed E-state index contributed by atoms with van der Waals surface area (Å²) in [6, 6.07) is 5.07. The maximum absolute atomic E-state index is 13.2. The van der Waals surface area contributed by atoms with E-state index >= 15 is 0 Å². The van der Waals surface area contributed by atoms with Gasteiger partial charge in [0.25, 0.3) is 0 Å². The van der Waals surface area contributed by atoms with Crippen LogP contribution in [-0.4, -0.2) is 24.5 Å². The van der Waals surface area contributed by atoms with E-state index in [2.05, 4.69) is 55.8 Å². The molecule has 0 radical (unpaired) electrons. The quantitative estimate of drug-likeness (QED) is 0.555. The monoisotopic (exact) mass is 412 g/mol. The van der Waals surface area contributed by atoms with Crippen molar-refractivity contribution in [3.8, 4) is 0 Å². The normalized spacial score (nSPS) is 11.8. The lowest BCUT2D eigenvalue weighted by Crippen LogP contribution is -2.37. The zero-order valence-electron chi connectivity index (χ0n) is 14.1. The molecule has 0 saturated heterocycles. The predicted molar refractivity (Wildman–Crippen MR) is 102 cm³/mol. The van der Waals surface area contributed by atoms with Crippen LogP contribution < -0.4 is 10.6 Å². The van der Waals surface area contributed by atoms with E-state index in [0.29, 0.717) is 23.5 Å². The van der Waals surface area contributed by atoms with Crippen LogP contribution in [0.5, 0.6) is 0 Å². The lowest BCUT2D eigenvalue weighted by atomic mass is 10.1. The van der Waals surface area contributed by atoms with Crippen molar-refractivity contribution in [2.75, 3.05) is 13.6 Å². The number of halogens is 2. The standard InChI is InChI=1S/C17H22BrFN4S/c1-11(2)15-10-24-16(23-15)9-22-17(20-3)21-7-6-12-4-5-14(19)13(18)8-12/h4-5,8,10-11H,6-7,9H2,1-3H3,(H2,20,21,22). The topological polar surface area (TPSA) is 49.3 Å². The van der Waals surface area contributed by atoms with Crippen molar-refractivity contribution in [1.29, 1.82) is 0 Å². The summed E-state index contributed by atoms with van der Waals surface area (Å²) in [4.78, 5) is 8.80. The van der Waals surface area contributed by atoms with Gasteiger partial charge in [-0.3, -0.25) is 4.99 Å². The average Bonchev–Trinajstić information content (AvgIpc) is 3.03. The highest BCUT2D eigenvalue weighted by Crippen LogP contribution is 2.18. The molecule has 0 amide bonds. The van der Waals surface area contributed by atoms with Crippen LogP contribution in [0.3, 0.4) is 0 Å². The minimum atomic E-state index is -0.242. The first-order valence-corrected chi connectivity index (χ1v) is 9.49. The third kappa shape index (κ3) is 5.56. The molecule has 1 aromatic carbocycles. The smallest absolute Gasteiger partial charge is 0.191 e. The minimum absolute atomic E-state index is 0.242. The Balaban J connectivity index is 1.78. The van der Waals surface area contributed by atoms with Gasteiger partial charge in [-0.05, 0) is 46.0 Å². The van der Waals surface area contributed by atoms with Gasteiger partial charge in [-0.15, -0.1) is 11.3 Å². The molecule has 2 aromatic rings. The third-order valence-electron chi connectivity index (χ3n) is 3.48. The number of rotatable bonds is 6. The predicted octanol–water partition coefficient (Wildman–Crippen LogP) is 4.08. The zero-order chi connectivity index (χ0) is 17.5. The van der Waals surface area contributed by atoms with Gasteiger partial charge in [-0.25, -0.2) is 9.37 Å². The van der Waals surface area contributed by atoms with Gasteiger partial charge in [0.05, 0.1) is 16.7 Å². The van der Waals surface area contributed by atoms with E-state index in [4.69, 9.17) is 0 Å². The van der Waals surface area contributed by atoms with Crippen LogP contribution in [0.2, 0.25) is 0 Å². The molecule has 0 atom stereocenters. The van der Waals surface area contributed by atoms with Crippen LogP contribution in [0.25, 0.3) is 0 Å². The molecule has 0 unspecified atom stereocenters. The molecular weight excluding hydrogens is 391 g/mol. The summed E-state index contributed by atoms with van der Waals surface area (Å²) >= 11 is 4.86. The fourth-order valence-corrected chi connectivity index (χ4v) is 3.39. The number of thiazole rings is 1. The number of nitrogens with zero attached hydrogens (tertiary/aromatic N) is 2. The molecule has 2 N–H and O–H groups in total. The largest absolute Gasteiger partial charge is 0.356 e. The first-order valence-electron chi connectivity index (χ1n) is 7.82. The highest BCUT2D eigenvalue weighted by molar-refractivity contribution is 9.10. The number of hydrogen-bond donors (Lipinski definition) is 2. The number of aliphatic imine (C=N–C) groups is 1. The molecule has 1 aromatic heterocycles. The maximum Gasteiger partial charge on any atom is 0.191 e. The third-order valence-corrected chi connectivity index (χ3v) is 4.96. The van der Waals surface area contributed by atoms with Gasteiger partial charge < -0.3 is 10.6 Å². The Morgan fingerprint density at radius 1 is 1.38 bits per heavy atom. The number of guanidine groups is 1. The molecule has 0 aliphatic carbocycles. The van der Waals surface area contributed by atoms with E-state index in [1.807, 2.05) is 0 Å². The van der Waals surface area contributed by atoms with Gasteiger partial charge in [0, 0.05) is 19.0 Å². The molecule has 4 nitrogen and oxygen atoms in total. The van der Waals surface area contributed by atoms with E-state index in [1.54, 1.807) is 30.5 Å². The molecule has 0 saturated carbocycles. The van der Waals surface area contributed by atoms with Crippen molar-refractivity contribution in [2.45, 2.75) is 32.7 Å². The summed E-state index contributed by atoms with van der Waals surface area (Å²) in [6.45, 7) is 5.65. The van der Waals surface area contributed by atoms with E-state index in [1.165, 1.54) is 6.07 Å². The molecule has 0 aliphatic rings. The average molecular weight is 413 g/mol. The van der Waals surface area contributed by atoms with Gasteiger partial charge in [0.15, 0.2) is 5.96 Å². The number of hydrogen-bond acceptors (Lipinski definition) is 3. The molecule has 0 fully saturated rings. The Hall–Kier alpha value is -1.47. The second kappa shape index (κ2) is 9.13. The first kappa shape index (κ1) is 18.9. The molecule has 24 heavy (non-hydrogen) atoms. The molecule has 0 bridgehead atoms. The van der Waals surface area contributed by atoms with Crippen molar-refractivity contribution < 1.29 is 4.39 Å². The van der Waals surface area contributed by atoms with Crippen LogP contribution in [0.15, 0.2) is 33.0 Å². The molecule has 1 heterocycles. The highest BCUT2D eigenvalue weighted by atomic mass is 79.9. The van der Waals surface area contributed by atoms with Crippen molar-refractivity contribution >= 4 is 33.2 Å². The van der Waals surface area contributed by atoms with Crippen LogP contribution in [0.1, 0.15) is 36.0 Å². The summed E-state index contributed by atoms with van der Waals surface area (Å²) in [5.41, 5.74) is 2.19.